The van der Waals surface area contributed by atoms with E-state index < -0.39 is 23.9 Å². The molecule has 0 spiro atoms. The van der Waals surface area contributed by atoms with Crippen molar-refractivity contribution in [3.8, 4) is 0 Å². The third kappa shape index (κ3) is 3.25. The molecule has 2 N–H and O–H groups in total. The number of hydrogen-bond donors (Lipinski definition) is 2. The van der Waals surface area contributed by atoms with Crippen molar-refractivity contribution in [3.05, 3.63) is 34.9 Å². The first kappa shape index (κ1) is 14.7. The van der Waals surface area contributed by atoms with Crippen LogP contribution in [0.3, 0.4) is 0 Å². The largest absolute Gasteiger partial charge is 0.347 e. The van der Waals surface area contributed by atoms with Crippen LogP contribution in [-0.4, -0.2) is 23.8 Å². The minimum Gasteiger partial charge on any atom is -0.347 e. The molecule has 0 radical (unpaired) electrons. The fourth-order valence-corrected chi connectivity index (χ4v) is 2.29. The van der Waals surface area contributed by atoms with Gasteiger partial charge in [-0.05, 0) is 17.7 Å². The van der Waals surface area contributed by atoms with Crippen molar-refractivity contribution in [3.63, 3.8) is 0 Å². The number of nitrogens with one attached hydrogen (secondary N) is 2. The van der Waals surface area contributed by atoms with Gasteiger partial charge < -0.3 is 10.6 Å². The number of carbonyl (C=O) groups is 2. The summed E-state index contributed by atoms with van der Waals surface area (Å²) in [4.78, 5) is 22.8. The van der Waals surface area contributed by atoms with Crippen LogP contribution in [0.1, 0.15) is 24.9 Å². The van der Waals surface area contributed by atoms with E-state index in [4.69, 9.17) is 11.6 Å². The van der Waals surface area contributed by atoms with Gasteiger partial charge in [0, 0.05) is 18.4 Å². The maximum absolute atomic E-state index is 12.9. The van der Waals surface area contributed by atoms with Gasteiger partial charge in [0.05, 0.1) is 12.1 Å². The Kier molecular flexibility index (Phi) is 3.94. The van der Waals surface area contributed by atoms with E-state index in [-0.39, 0.29) is 12.3 Å². The van der Waals surface area contributed by atoms with Crippen LogP contribution < -0.4 is 10.6 Å². The van der Waals surface area contributed by atoms with E-state index in [2.05, 4.69) is 10.6 Å². The van der Waals surface area contributed by atoms with Crippen molar-refractivity contribution >= 4 is 23.4 Å². The van der Waals surface area contributed by atoms with Gasteiger partial charge in [-0.2, -0.15) is 8.78 Å². The van der Waals surface area contributed by atoms with Gasteiger partial charge in [0.2, 0.25) is 5.91 Å². The van der Waals surface area contributed by atoms with E-state index in [9.17, 15) is 18.4 Å². The van der Waals surface area contributed by atoms with E-state index in [0.717, 1.165) is 0 Å². The highest BCUT2D eigenvalue weighted by Gasteiger charge is 2.39. The Morgan fingerprint density at radius 1 is 1.50 bits per heavy atom. The lowest BCUT2D eigenvalue weighted by molar-refractivity contribution is -0.143. The molecular weight excluding hydrogens is 290 g/mol. The summed E-state index contributed by atoms with van der Waals surface area (Å²) in [5.74, 6) is -5.18. The second kappa shape index (κ2) is 5.36. The second-order valence-electron chi connectivity index (χ2n) is 4.77. The van der Waals surface area contributed by atoms with Crippen LogP contribution in [-0.2, 0) is 9.59 Å². The molecule has 2 atom stereocenters. The molecule has 7 heteroatoms. The summed E-state index contributed by atoms with van der Waals surface area (Å²) in [5, 5.41) is 5.32. The van der Waals surface area contributed by atoms with Crippen LogP contribution in [0.25, 0.3) is 0 Å². The van der Waals surface area contributed by atoms with Gasteiger partial charge in [-0.3, -0.25) is 9.59 Å². The molecule has 4 nitrogen and oxygen atoms in total. The molecule has 2 amide bonds. The molecule has 1 fully saturated rings. The maximum Gasteiger partial charge on any atom is 0.321 e. The molecule has 1 saturated heterocycles. The topological polar surface area (TPSA) is 58.2 Å². The molecular formula is C13H13ClF2N2O2. The average Bonchev–Trinajstić information content (AvgIpc) is 2.69. The van der Waals surface area contributed by atoms with Crippen LogP contribution in [0, 0.1) is 0 Å². The van der Waals surface area contributed by atoms with Gasteiger partial charge in [0.25, 0.3) is 5.91 Å². The third-order valence-corrected chi connectivity index (χ3v) is 3.28. The zero-order valence-electron chi connectivity index (χ0n) is 10.6. The molecule has 108 valence electrons. The number of alkyl halides is 2. The van der Waals surface area contributed by atoms with E-state index in [0.29, 0.717) is 17.5 Å². The average molecular weight is 303 g/mol. The first-order valence-electron chi connectivity index (χ1n) is 6.01. The fourth-order valence-electron chi connectivity index (χ4n) is 2.10. The number of hydrogen-bond acceptors (Lipinski definition) is 2. The summed E-state index contributed by atoms with van der Waals surface area (Å²) in [6, 6.07) is 5.41. The highest BCUT2D eigenvalue weighted by Crippen LogP contribution is 2.27. The summed E-state index contributed by atoms with van der Waals surface area (Å²) >= 11 is 5.87. The second-order valence-corrected chi connectivity index (χ2v) is 5.21. The smallest absolute Gasteiger partial charge is 0.321 e. The monoisotopic (exact) mass is 302 g/mol. The molecule has 1 aliphatic rings. The number of amides is 2. The van der Waals surface area contributed by atoms with Gasteiger partial charge in [-0.25, -0.2) is 0 Å². The van der Waals surface area contributed by atoms with Crippen molar-refractivity contribution in [2.75, 3.05) is 0 Å². The Labute approximate surface area is 119 Å². The Morgan fingerprint density at radius 2 is 2.20 bits per heavy atom. The predicted molar refractivity (Wildman–Crippen MR) is 69.5 cm³/mol. The van der Waals surface area contributed by atoms with Crippen molar-refractivity contribution in [2.24, 2.45) is 0 Å². The van der Waals surface area contributed by atoms with Crippen LogP contribution in [0.15, 0.2) is 24.3 Å². The molecule has 1 aliphatic heterocycles. The van der Waals surface area contributed by atoms with Crippen LogP contribution >= 0.6 is 11.6 Å². The van der Waals surface area contributed by atoms with E-state index in [1.54, 1.807) is 24.3 Å². The highest BCUT2D eigenvalue weighted by atomic mass is 35.5. The summed E-state index contributed by atoms with van der Waals surface area (Å²) in [7, 11) is 0. The van der Waals surface area contributed by atoms with Crippen LogP contribution in [0.5, 0.6) is 0 Å². The summed E-state index contributed by atoms with van der Waals surface area (Å²) < 4.78 is 25.8. The molecule has 0 bridgehead atoms. The lowest BCUT2D eigenvalue weighted by atomic mass is 10.0. The van der Waals surface area contributed by atoms with Gasteiger partial charge >= 0.3 is 5.92 Å². The van der Waals surface area contributed by atoms with Gasteiger partial charge in [0.15, 0.2) is 0 Å². The lowest BCUT2D eigenvalue weighted by Gasteiger charge is -2.22. The van der Waals surface area contributed by atoms with Crippen LogP contribution in [0.4, 0.5) is 8.78 Å². The number of benzene rings is 1. The Balaban J connectivity index is 2.19. The van der Waals surface area contributed by atoms with Crippen molar-refractivity contribution in [1.29, 1.82) is 0 Å². The van der Waals surface area contributed by atoms with Gasteiger partial charge in [-0.1, -0.05) is 23.7 Å². The molecule has 0 saturated carbocycles. The number of halogens is 3. The van der Waals surface area contributed by atoms with Crippen molar-refractivity contribution in [2.45, 2.75) is 31.4 Å². The molecule has 1 aromatic rings. The molecule has 0 aromatic heterocycles. The van der Waals surface area contributed by atoms with Gasteiger partial charge in [0.1, 0.15) is 0 Å². The lowest BCUT2D eigenvalue weighted by Crippen LogP contribution is -2.45. The predicted octanol–water partition coefficient (Wildman–Crippen LogP) is 2.04. The SMILES string of the molecule is CC(F)(F)C(=O)N[C@H]1CC(=O)NC1c1cccc(Cl)c1. The van der Waals surface area contributed by atoms with E-state index in [1.165, 1.54) is 0 Å². The standard InChI is InChI=1S/C13H13ClF2N2O2/c1-13(15,16)12(20)17-9-6-10(19)18-11(9)7-3-2-4-8(14)5-7/h2-5,9,11H,6H2,1H3,(H,17,20)(H,18,19)/t9-,11?/m0/s1. The van der Waals surface area contributed by atoms with Crippen LogP contribution in [0.2, 0.25) is 5.02 Å². The van der Waals surface area contributed by atoms with E-state index >= 15 is 0 Å². The maximum atomic E-state index is 12.9. The Hall–Kier alpha value is -1.69. The molecule has 1 unspecified atom stereocenters. The Morgan fingerprint density at radius 3 is 2.80 bits per heavy atom. The Bertz CT molecular complexity index is 545. The number of rotatable bonds is 3. The van der Waals surface area contributed by atoms with Gasteiger partial charge in [-0.15, -0.1) is 0 Å². The zero-order chi connectivity index (χ0) is 14.9. The zero-order valence-corrected chi connectivity index (χ0v) is 11.4. The van der Waals surface area contributed by atoms with E-state index in [1.807, 2.05) is 0 Å². The highest BCUT2D eigenvalue weighted by molar-refractivity contribution is 6.30. The molecule has 20 heavy (non-hydrogen) atoms. The first-order valence-corrected chi connectivity index (χ1v) is 6.39. The third-order valence-electron chi connectivity index (χ3n) is 3.05. The molecule has 1 heterocycles. The molecule has 0 aliphatic carbocycles. The quantitative estimate of drug-likeness (QED) is 0.898. The normalized spacial score (nSPS) is 22.5. The fraction of sp³-hybridized carbons (Fsp3) is 0.385. The summed E-state index contributed by atoms with van der Waals surface area (Å²) in [5.41, 5.74) is 0.660. The minimum atomic E-state index is -3.48. The van der Waals surface area contributed by atoms with Crippen molar-refractivity contribution < 1.29 is 18.4 Å². The van der Waals surface area contributed by atoms with Crippen molar-refractivity contribution in [1.82, 2.24) is 10.6 Å². The summed E-state index contributed by atoms with van der Waals surface area (Å²) in [6.45, 7) is 0.515. The molecule has 1 aromatic carbocycles. The first-order chi connectivity index (χ1) is 9.27. The summed E-state index contributed by atoms with van der Waals surface area (Å²) in [6.07, 6.45) is -0.0427. The number of carbonyl (C=O) groups excluding carboxylic acids is 2. The molecule has 2 rings (SSSR count). The minimum absolute atomic E-state index is 0.0427.